The van der Waals surface area contributed by atoms with Crippen LogP contribution in [0.3, 0.4) is 0 Å². The van der Waals surface area contributed by atoms with Gasteiger partial charge in [-0.3, -0.25) is 9.59 Å². The Morgan fingerprint density at radius 1 is 1.19 bits per heavy atom. The average molecular weight is 602 g/mol. The van der Waals surface area contributed by atoms with Crippen LogP contribution in [-0.2, 0) is 27.4 Å². The van der Waals surface area contributed by atoms with Crippen molar-refractivity contribution in [2.45, 2.75) is 113 Å². The number of rotatable bonds is 10. The van der Waals surface area contributed by atoms with Gasteiger partial charge in [-0.05, 0) is 102 Å². The van der Waals surface area contributed by atoms with Crippen LogP contribution < -0.4 is 5.73 Å². The van der Waals surface area contributed by atoms with Crippen molar-refractivity contribution < 1.29 is 19.4 Å². The van der Waals surface area contributed by atoms with Crippen LogP contribution in [0.2, 0.25) is 0 Å². The number of Topliss-reactive ketones (excluding diaryl/α,β-unsaturated/α-hetero) is 1. The van der Waals surface area contributed by atoms with E-state index in [9.17, 15) is 9.59 Å². The number of aliphatic hydroxyl groups is 1. The largest absolute Gasteiger partial charge is 0.463 e. The predicted molar refractivity (Wildman–Crippen MR) is 179 cm³/mol. The Labute approximate surface area is 255 Å². The van der Waals surface area contributed by atoms with Crippen molar-refractivity contribution in [2.75, 3.05) is 19.0 Å². The van der Waals surface area contributed by atoms with Gasteiger partial charge in [-0.1, -0.05) is 39.3 Å². The average Bonchev–Trinajstić information content (AvgIpc) is 3.29. The van der Waals surface area contributed by atoms with Crippen LogP contribution in [0.1, 0.15) is 98.9 Å². The molecule has 3 rings (SSSR count). The van der Waals surface area contributed by atoms with Crippen LogP contribution in [0.4, 0.5) is 0 Å². The highest BCUT2D eigenvalue weighted by molar-refractivity contribution is 7.56. The Morgan fingerprint density at radius 3 is 2.31 bits per heavy atom. The van der Waals surface area contributed by atoms with E-state index in [1.54, 1.807) is 20.8 Å². The lowest BCUT2D eigenvalue weighted by atomic mass is 10.0. The van der Waals surface area contributed by atoms with Gasteiger partial charge in [-0.2, -0.15) is 0 Å². The molecule has 7 nitrogen and oxygen atoms in total. The molecule has 2 heterocycles. The number of aromatic nitrogens is 2. The van der Waals surface area contributed by atoms with E-state index in [1.165, 1.54) is 31.6 Å². The summed E-state index contributed by atoms with van der Waals surface area (Å²) in [5.74, 6) is 1.49. The maximum absolute atomic E-state index is 12.1. The summed E-state index contributed by atoms with van der Waals surface area (Å²) in [6.45, 7) is 19.1. The zero-order valence-electron chi connectivity index (χ0n) is 27.6. The summed E-state index contributed by atoms with van der Waals surface area (Å²) in [4.78, 5) is 27.8. The van der Waals surface area contributed by atoms with Gasteiger partial charge in [0, 0.05) is 25.1 Å². The standard InChI is InChI=1S/C24H34N3OP.C7H14O3.C3H8/c1-5-20(13-17(3)23(28)6-2)24-26-21-8-7-19(15-25)14-22(21)27(24)16-18-9-11-29(4)12-10-18;1-5(2)10-7(9)4-6(3)8;1-3-2/h5,7-8,13-14,18H,6,9-12,15-16,25H2,1-4H3;5-6,8H,4H2,1-3H3;3H2,1-2H3/b17-13-,20-5+;;/t;6-;/m.1./s1. The summed E-state index contributed by atoms with van der Waals surface area (Å²) in [6.07, 6.45) is 10.6. The van der Waals surface area contributed by atoms with E-state index in [0.29, 0.717) is 18.9 Å². The van der Waals surface area contributed by atoms with Crippen LogP contribution in [0.15, 0.2) is 35.9 Å². The van der Waals surface area contributed by atoms with Gasteiger partial charge in [0.15, 0.2) is 5.78 Å². The summed E-state index contributed by atoms with van der Waals surface area (Å²) in [7, 11) is 0.232. The molecule has 1 aliphatic heterocycles. The van der Waals surface area contributed by atoms with E-state index in [2.05, 4.69) is 49.4 Å². The molecule has 0 spiro atoms. The zero-order chi connectivity index (χ0) is 31.8. The van der Waals surface area contributed by atoms with E-state index in [1.807, 2.05) is 26.8 Å². The molecular formula is C34H56N3O4P. The monoisotopic (exact) mass is 601 g/mol. The first kappa shape index (κ1) is 37.7. The number of ketones is 1. The molecule has 0 radical (unpaired) electrons. The second-order valence-electron chi connectivity index (χ2n) is 11.5. The molecule has 0 unspecified atom stereocenters. The van der Waals surface area contributed by atoms with Crippen molar-refractivity contribution >= 4 is 36.3 Å². The van der Waals surface area contributed by atoms with Gasteiger partial charge in [-0.25, -0.2) is 4.98 Å². The first-order valence-corrected chi connectivity index (χ1v) is 17.7. The lowest BCUT2D eigenvalue weighted by Gasteiger charge is -2.27. The fourth-order valence-electron chi connectivity index (χ4n) is 4.63. The number of imidazole rings is 1. The van der Waals surface area contributed by atoms with Crippen molar-refractivity contribution in [3.05, 3.63) is 47.3 Å². The third-order valence-electron chi connectivity index (χ3n) is 6.86. The van der Waals surface area contributed by atoms with Crippen molar-refractivity contribution in [2.24, 2.45) is 11.7 Å². The fraction of sp³-hybridized carbons (Fsp3) is 0.618. The molecule has 42 heavy (non-hydrogen) atoms. The number of fused-ring (bicyclic) bond motifs is 1. The maximum Gasteiger partial charge on any atom is 0.308 e. The van der Waals surface area contributed by atoms with Gasteiger partial charge in [0.05, 0.1) is 29.7 Å². The first-order chi connectivity index (χ1) is 19.9. The van der Waals surface area contributed by atoms with Gasteiger partial charge < -0.3 is 20.1 Å². The van der Waals surface area contributed by atoms with E-state index >= 15 is 0 Å². The number of carbonyl (C=O) groups excluding carboxylic acids is 2. The Kier molecular flexibility index (Phi) is 17.7. The Bertz CT molecular complexity index is 1160. The molecule has 0 bridgehead atoms. The van der Waals surface area contributed by atoms with E-state index in [0.717, 1.165) is 40.1 Å². The number of hydrogen-bond acceptors (Lipinski definition) is 6. The molecule has 1 aromatic heterocycles. The quantitative estimate of drug-likeness (QED) is 0.127. The highest BCUT2D eigenvalue weighted by Gasteiger charge is 2.22. The van der Waals surface area contributed by atoms with Crippen LogP contribution in [-0.4, -0.2) is 57.6 Å². The number of allylic oxidation sites excluding steroid dienone is 4. The SMILES string of the molecule is C/C=C(\C=C(\C)C(=O)CC)c1nc2ccc(CN)cc2n1CC1CCP(C)CC1.CC(C)OC(=O)C[C@@H](C)O.CCC. The summed E-state index contributed by atoms with van der Waals surface area (Å²) in [5, 5.41) is 8.73. The Balaban J connectivity index is 0.000000571. The Morgan fingerprint density at radius 2 is 1.81 bits per heavy atom. The number of nitrogens with two attached hydrogens (primary N) is 1. The third-order valence-corrected chi connectivity index (χ3v) is 8.90. The summed E-state index contributed by atoms with van der Waals surface area (Å²) in [6, 6.07) is 6.32. The second kappa shape index (κ2) is 19.8. The summed E-state index contributed by atoms with van der Waals surface area (Å²) in [5.41, 5.74) is 11.0. The molecule has 1 atom stereocenters. The van der Waals surface area contributed by atoms with Gasteiger partial charge in [-0.15, -0.1) is 7.92 Å². The lowest BCUT2D eigenvalue weighted by Crippen LogP contribution is -2.19. The smallest absolute Gasteiger partial charge is 0.308 e. The number of aliphatic hydroxyl groups excluding tert-OH is 1. The van der Waals surface area contributed by atoms with Crippen molar-refractivity contribution in [1.29, 1.82) is 0 Å². The van der Waals surface area contributed by atoms with Gasteiger partial charge in [0.1, 0.15) is 5.82 Å². The maximum atomic E-state index is 12.1. The van der Waals surface area contributed by atoms with Crippen molar-refractivity contribution in [1.82, 2.24) is 9.55 Å². The van der Waals surface area contributed by atoms with E-state index in [-0.39, 0.29) is 32.2 Å². The van der Waals surface area contributed by atoms with Crippen LogP contribution in [0.5, 0.6) is 0 Å². The number of carbonyl (C=O) groups is 2. The lowest BCUT2D eigenvalue weighted by molar-refractivity contribution is -0.149. The molecule has 0 amide bonds. The highest BCUT2D eigenvalue weighted by Crippen LogP contribution is 2.41. The normalized spacial score (nSPS) is 18.1. The predicted octanol–water partition coefficient (Wildman–Crippen LogP) is 7.47. The van der Waals surface area contributed by atoms with E-state index in [4.69, 9.17) is 20.6 Å². The van der Waals surface area contributed by atoms with Crippen LogP contribution >= 0.6 is 7.92 Å². The minimum Gasteiger partial charge on any atom is -0.463 e. The number of nitrogens with zero attached hydrogens (tertiary/aromatic N) is 2. The molecule has 0 saturated carbocycles. The van der Waals surface area contributed by atoms with Gasteiger partial charge in [0.2, 0.25) is 0 Å². The van der Waals surface area contributed by atoms with E-state index < -0.39 is 6.10 Å². The highest BCUT2D eigenvalue weighted by atomic mass is 31.1. The van der Waals surface area contributed by atoms with Gasteiger partial charge >= 0.3 is 5.97 Å². The van der Waals surface area contributed by atoms with Crippen molar-refractivity contribution in [3.63, 3.8) is 0 Å². The molecular weight excluding hydrogens is 545 g/mol. The first-order valence-electron chi connectivity index (χ1n) is 15.5. The van der Waals surface area contributed by atoms with Crippen molar-refractivity contribution in [3.8, 4) is 0 Å². The Hall–Kier alpha value is -2.34. The molecule has 1 saturated heterocycles. The summed E-state index contributed by atoms with van der Waals surface area (Å²) >= 11 is 0. The number of ether oxygens (including phenoxy) is 1. The van der Waals surface area contributed by atoms with Gasteiger partial charge in [0.25, 0.3) is 0 Å². The van der Waals surface area contributed by atoms with Crippen LogP contribution in [0, 0.1) is 5.92 Å². The summed E-state index contributed by atoms with van der Waals surface area (Å²) < 4.78 is 7.14. The minimum atomic E-state index is -0.605. The second-order valence-corrected chi connectivity index (χ2v) is 14.1. The molecule has 0 aliphatic carbocycles. The molecule has 1 fully saturated rings. The third kappa shape index (κ3) is 12.9. The molecule has 8 heteroatoms. The topological polar surface area (TPSA) is 107 Å². The van der Waals surface area contributed by atoms with Crippen LogP contribution in [0.25, 0.3) is 16.6 Å². The number of benzene rings is 1. The molecule has 3 N–H and O–H groups in total. The zero-order valence-corrected chi connectivity index (χ0v) is 28.5. The number of hydrogen-bond donors (Lipinski definition) is 2. The minimum absolute atomic E-state index is 0.0815. The molecule has 236 valence electrons. The molecule has 1 aliphatic rings. The molecule has 2 aromatic rings. The number of esters is 1. The fourth-order valence-corrected chi connectivity index (χ4v) is 6.46. The molecule has 1 aromatic carbocycles.